The maximum absolute atomic E-state index is 6.21. The SMILES string of the molecule is CC(C)(N)CCOC1C2CC3CC(C2)CC1C3. The third kappa shape index (κ3) is 2.53. The van der Waals surface area contributed by atoms with Gasteiger partial charge >= 0.3 is 0 Å². The van der Waals surface area contributed by atoms with Crippen LogP contribution in [0.5, 0.6) is 0 Å². The van der Waals surface area contributed by atoms with Crippen LogP contribution in [0.2, 0.25) is 0 Å². The van der Waals surface area contributed by atoms with E-state index in [1.54, 1.807) is 0 Å². The molecule has 0 spiro atoms. The topological polar surface area (TPSA) is 35.2 Å². The molecular weight excluding hydrogens is 210 g/mol. The van der Waals surface area contributed by atoms with Crippen molar-refractivity contribution < 1.29 is 4.74 Å². The molecular formula is C15H27NO. The lowest BCUT2D eigenvalue weighted by Gasteiger charge is -2.54. The van der Waals surface area contributed by atoms with Gasteiger partial charge in [0.2, 0.25) is 0 Å². The molecule has 2 heteroatoms. The van der Waals surface area contributed by atoms with E-state index >= 15 is 0 Å². The van der Waals surface area contributed by atoms with Crippen molar-refractivity contribution in [3.63, 3.8) is 0 Å². The van der Waals surface area contributed by atoms with Gasteiger partial charge in [0, 0.05) is 12.1 Å². The molecule has 0 heterocycles. The van der Waals surface area contributed by atoms with Gasteiger partial charge < -0.3 is 10.5 Å². The fraction of sp³-hybridized carbons (Fsp3) is 1.00. The van der Waals surface area contributed by atoms with Crippen LogP contribution < -0.4 is 5.73 Å². The fourth-order valence-corrected chi connectivity index (χ4v) is 4.61. The van der Waals surface area contributed by atoms with E-state index in [0.717, 1.165) is 36.7 Å². The average Bonchev–Trinajstić information content (AvgIpc) is 2.19. The smallest absolute Gasteiger partial charge is 0.0631 e. The first kappa shape index (κ1) is 12.0. The summed E-state index contributed by atoms with van der Waals surface area (Å²) in [5.74, 6) is 3.85. The molecule has 4 aliphatic carbocycles. The van der Waals surface area contributed by atoms with E-state index in [1.807, 2.05) is 0 Å². The van der Waals surface area contributed by atoms with Crippen LogP contribution in [0, 0.1) is 23.7 Å². The standard InChI is InChI=1S/C15H27NO/c1-15(2,16)3-4-17-14-12-6-10-5-11(8-12)9-13(14)7-10/h10-14H,3-9,16H2,1-2H3. The summed E-state index contributed by atoms with van der Waals surface area (Å²) in [4.78, 5) is 0. The highest BCUT2D eigenvalue weighted by atomic mass is 16.5. The Hall–Kier alpha value is -0.0800. The van der Waals surface area contributed by atoms with Gasteiger partial charge in [-0.3, -0.25) is 0 Å². The number of rotatable bonds is 4. The molecule has 4 saturated carbocycles. The van der Waals surface area contributed by atoms with Crippen LogP contribution in [0.3, 0.4) is 0 Å². The Bertz CT molecular complexity index is 253. The summed E-state index contributed by atoms with van der Waals surface area (Å²) in [6, 6.07) is 0. The zero-order valence-electron chi connectivity index (χ0n) is 11.3. The summed E-state index contributed by atoms with van der Waals surface area (Å²) in [6.45, 7) is 5.04. The third-order valence-corrected chi connectivity index (χ3v) is 5.20. The molecule has 98 valence electrons. The fourth-order valence-electron chi connectivity index (χ4n) is 4.61. The highest BCUT2D eigenvalue weighted by molar-refractivity contribution is 4.99. The molecule has 0 saturated heterocycles. The number of nitrogens with two attached hydrogens (primary N) is 1. The van der Waals surface area contributed by atoms with Crippen molar-refractivity contribution in [2.45, 2.75) is 64.0 Å². The highest BCUT2D eigenvalue weighted by Crippen LogP contribution is 2.54. The average molecular weight is 237 g/mol. The minimum absolute atomic E-state index is 0.0775. The largest absolute Gasteiger partial charge is 0.378 e. The Kier molecular flexibility index (Phi) is 2.99. The zero-order valence-corrected chi connectivity index (χ0v) is 11.3. The van der Waals surface area contributed by atoms with Crippen molar-refractivity contribution in [1.82, 2.24) is 0 Å². The molecule has 4 rings (SSSR count). The number of ether oxygens (including phenoxy) is 1. The molecule has 4 fully saturated rings. The van der Waals surface area contributed by atoms with Gasteiger partial charge in [-0.25, -0.2) is 0 Å². The number of hydrogen-bond acceptors (Lipinski definition) is 2. The van der Waals surface area contributed by atoms with E-state index in [4.69, 9.17) is 10.5 Å². The van der Waals surface area contributed by atoms with E-state index in [2.05, 4.69) is 13.8 Å². The van der Waals surface area contributed by atoms with Gasteiger partial charge in [0.25, 0.3) is 0 Å². The highest BCUT2D eigenvalue weighted by Gasteiger charge is 2.48. The van der Waals surface area contributed by atoms with Crippen LogP contribution >= 0.6 is 0 Å². The quantitative estimate of drug-likeness (QED) is 0.816. The summed E-state index contributed by atoms with van der Waals surface area (Å²) >= 11 is 0. The number of hydrogen-bond donors (Lipinski definition) is 1. The zero-order chi connectivity index (χ0) is 12.0. The van der Waals surface area contributed by atoms with Crippen LogP contribution in [0.1, 0.15) is 52.4 Å². The molecule has 0 radical (unpaired) electrons. The first-order chi connectivity index (χ1) is 8.01. The Labute approximate surface area is 105 Å². The molecule has 2 N–H and O–H groups in total. The molecule has 2 nitrogen and oxygen atoms in total. The molecule has 0 amide bonds. The lowest BCUT2D eigenvalue weighted by molar-refractivity contribution is -0.128. The molecule has 0 aromatic heterocycles. The van der Waals surface area contributed by atoms with Crippen molar-refractivity contribution >= 4 is 0 Å². The van der Waals surface area contributed by atoms with Gasteiger partial charge in [-0.2, -0.15) is 0 Å². The first-order valence-electron chi connectivity index (χ1n) is 7.42. The van der Waals surface area contributed by atoms with Crippen molar-refractivity contribution in [2.24, 2.45) is 29.4 Å². The van der Waals surface area contributed by atoms with E-state index < -0.39 is 0 Å². The molecule has 0 aromatic rings. The van der Waals surface area contributed by atoms with Gasteiger partial charge in [0.1, 0.15) is 0 Å². The normalized spacial score (nSPS) is 44.3. The Morgan fingerprint density at radius 3 is 2.00 bits per heavy atom. The van der Waals surface area contributed by atoms with Gasteiger partial charge in [-0.05, 0) is 76.0 Å². The molecule has 17 heavy (non-hydrogen) atoms. The third-order valence-electron chi connectivity index (χ3n) is 5.20. The van der Waals surface area contributed by atoms with Gasteiger partial charge in [-0.1, -0.05) is 0 Å². The minimum atomic E-state index is -0.0775. The maximum Gasteiger partial charge on any atom is 0.0631 e. The molecule has 0 aromatic carbocycles. The van der Waals surface area contributed by atoms with E-state index in [0.29, 0.717) is 6.10 Å². The predicted molar refractivity (Wildman–Crippen MR) is 69.7 cm³/mol. The first-order valence-corrected chi connectivity index (χ1v) is 7.42. The summed E-state index contributed by atoms with van der Waals surface area (Å²) in [7, 11) is 0. The lowest BCUT2D eigenvalue weighted by Crippen LogP contribution is -2.49. The van der Waals surface area contributed by atoms with Crippen molar-refractivity contribution in [3.05, 3.63) is 0 Å². The molecule has 0 unspecified atom stereocenters. The Morgan fingerprint density at radius 1 is 1.00 bits per heavy atom. The lowest BCUT2D eigenvalue weighted by atomic mass is 9.55. The Balaban J connectivity index is 1.54. The summed E-state index contributed by atoms with van der Waals surface area (Å²) in [6.07, 6.45) is 8.87. The maximum atomic E-state index is 6.21. The summed E-state index contributed by atoms with van der Waals surface area (Å²) in [5, 5.41) is 0. The van der Waals surface area contributed by atoms with Gasteiger partial charge in [-0.15, -0.1) is 0 Å². The minimum Gasteiger partial charge on any atom is -0.378 e. The van der Waals surface area contributed by atoms with Crippen molar-refractivity contribution in [2.75, 3.05) is 6.61 Å². The van der Waals surface area contributed by atoms with Crippen LogP contribution in [0.4, 0.5) is 0 Å². The molecule has 4 bridgehead atoms. The van der Waals surface area contributed by atoms with E-state index in [1.165, 1.54) is 32.1 Å². The molecule has 0 atom stereocenters. The summed E-state index contributed by atoms with van der Waals surface area (Å²) in [5.41, 5.74) is 5.94. The molecule has 0 aliphatic heterocycles. The van der Waals surface area contributed by atoms with Gasteiger partial charge in [0.15, 0.2) is 0 Å². The second-order valence-corrected chi connectivity index (χ2v) is 7.50. The second kappa shape index (κ2) is 4.24. The molecule has 4 aliphatic rings. The van der Waals surface area contributed by atoms with Gasteiger partial charge in [0.05, 0.1) is 6.10 Å². The van der Waals surface area contributed by atoms with Crippen molar-refractivity contribution in [3.8, 4) is 0 Å². The summed E-state index contributed by atoms with van der Waals surface area (Å²) < 4.78 is 6.21. The van der Waals surface area contributed by atoms with Crippen LogP contribution in [-0.2, 0) is 4.74 Å². The predicted octanol–water partition coefficient (Wildman–Crippen LogP) is 2.96. The Morgan fingerprint density at radius 2 is 1.53 bits per heavy atom. The van der Waals surface area contributed by atoms with Crippen molar-refractivity contribution in [1.29, 1.82) is 0 Å². The van der Waals surface area contributed by atoms with Crippen LogP contribution in [0.15, 0.2) is 0 Å². The van der Waals surface area contributed by atoms with Crippen LogP contribution in [0.25, 0.3) is 0 Å². The van der Waals surface area contributed by atoms with Crippen LogP contribution in [-0.4, -0.2) is 18.2 Å². The van der Waals surface area contributed by atoms with E-state index in [9.17, 15) is 0 Å². The second-order valence-electron chi connectivity index (χ2n) is 7.50. The monoisotopic (exact) mass is 237 g/mol. The van der Waals surface area contributed by atoms with E-state index in [-0.39, 0.29) is 5.54 Å².